The van der Waals surface area contributed by atoms with E-state index in [2.05, 4.69) is 15.6 Å². The van der Waals surface area contributed by atoms with Crippen molar-refractivity contribution in [2.45, 2.75) is 26.5 Å². The Labute approximate surface area is 184 Å². The van der Waals surface area contributed by atoms with Crippen LogP contribution in [-0.4, -0.2) is 39.4 Å². The molecule has 0 saturated carbocycles. The predicted octanol–water partition coefficient (Wildman–Crippen LogP) is 3.84. The molecule has 0 spiro atoms. The number of methoxy groups -OCH3 is 2. The SMILES string of the molecule is CCNC(=NCc1ccc(OC)c(OC)c1)NCC(C)Oc1ccccc1.I. The monoisotopic (exact) mass is 499 g/mol. The van der Waals surface area contributed by atoms with Crippen LogP contribution in [0.25, 0.3) is 0 Å². The van der Waals surface area contributed by atoms with Crippen LogP contribution >= 0.6 is 24.0 Å². The molecular weight excluding hydrogens is 469 g/mol. The molecule has 0 heterocycles. The minimum atomic E-state index is 0. The summed E-state index contributed by atoms with van der Waals surface area (Å²) in [7, 11) is 3.26. The van der Waals surface area contributed by atoms with Gasteiger partial charge in [0.2, 0.25) is 0 Å². The van der Waals surface area contributed by atoms with E-state index in [0.717, 1.165) is 23.8 Å². The summed E-state index contributed by atoms with van der Waals surface area (Å²) in [6.07, 6.45) is 0.0114. The van der Waals surface area contributed by atoms with Crippen molar-refractivity contribution >= 4 is 29.9 Å². The van der Waals surface area contributed by atoms with Crippen molar-refractivity contribution in [3.8, 4) is 17.2 Å². The van der Waals surface area contributed by atoms with E-state index in [9.17, 15) is 0 Å². The molecule has 1 atom stereocenters. The molecule has 0 bridgehead atoms. The Hall–Kier alpha value is -2.16. The van der Waals surface area contributed by atoms with Crippen molar-refractivity contribution < 1.29 is 14.2 Å². The lowest BCUT2D eigenvalue weighted by molar-refractivity contribution is 0.224. The predicted molar refractivity (Wildman–Crippen MR) is 124 cm³/mol. The second kappa shape index (κ2) is 13.1. The minimum Gasteiger partial charge on any atom is -0.493 e. The highest BCUT2D eigenvalue weighted by Gasteiger charge is 2.07. The van der Waals surface area contributed by atoms with Gasteiger partial charge in [-0.15, -0.1) is 24.0 Å². The summed E-state index contributed by atoms with van der Waals surface area (Å²) >= 11 is 0. The number of rotatable bonds is 9. The first kappa shape index (κ1) is 23.9. The molecule has 6 nitrogen and oxygen atoms in total. The Bertz CT molecular complexity index is 726. The zero-order valence-electron chi connectivity index (χ0n) is 16.9. The van der Waals surface area contributed by atoms with Crippen molar-refractivity contribution in [1.82, 2.24) is 10.6 Å². The van der Waals surface area contributed by atoms with Crippen LogP contribution < -0.4 is 24.8 Å². The molecule has 154 valence electrons. The van der Waals surface area contributed by atoms with Crippen molar-refractivity contribution in [2.24, 2.45) is 4.99 Å². The number of hydrogen-bond acceptors (Lipinski definition) is 4. The molecular formula is C21H30IN3O3. The summed E-state index contributed by atoms with van der Waals surface area (Å²) in [5, 5.41) is 6.57. The molecule has 0 radical (unpaired) electrons. The van der Waals surface area contributed by atoms with Crippen LogP contribution in [0.4, 0.5) is 0 Å². The Morgan fingerprint density at radius 3 is 2.36 bits per heavy atom. The number of hydrogen-bond donors (Lipinski definition) is 2. The normalized spacial score (nSPS) is 11.8. The van der Waals surface area contributed by atoms with E-state index in [1.54, 1.807) is 14.2 Å². The number of benzene rings is 2. The van der Waals surface area contributed by atoms with Crippen molar-refractivity contribution in [1.29, 1.82) is 0 Å². The topological polar surface area (TPSA) is 64.1 Å². The van der Waals surface area contributed by atoms with E-state index in [4.69, 9.17) is 14.2 Å². The largest absolute Gasteiger partial charge is 0.493 e. The summed E-state index contributed by atoms with van der Waals surface area (Å²) in [5.41, 5.74) is 1.04. The molecule has 2 rings (SSSR count). The molecule has 28 heavy (non-hydrogen) atoms. The van der Waals surface area contributed by atoms with Gasteiger partial charge in [0.25, 0.3) is 0 Å². The van der Waals surface area contributed by atoms with Crippen LogP contribution in [0.1, 0.15) is 19.4 Å². The second-order valence-corrected chi connectivity index (χ2v) is 6.01. The molecule has 0 aromatic heterocycles. The van der Waals surface area contributed by atoms with Gasteiger partial charge in [0.15, 0.2) is 17.5 Å². The minimum absolute atomic E-state index is 0. The summed E-state index contributed by atoms with van der Waals surface area (Å²) < 4.78 is 16.5. The third kappa shape index (κ3) is 7.84. The number of aliphatic imine (C=N–C) groups is 1. The molecule has 2 N–H and O–H groups in total. The van der Waals surface area contributed by atoms with Crippen molar-refractivity contribution in [3.63, 3.8) is 0 Å². The molecule has 2 aromatic carbocycles. The first-order valence-corrected chi connectivity index (χ1v) is 9.11. The van der Waals surface area contributed by atoms with Gasteiger partial charge in [-0.2, -0.15) is 0 Å². The fraction of sp³-hybridized carbons (Fsp3) is 0.381. The van der Waals surface area contributed by atoms with Crippen LogP contribution in [0, 0.1) is 0 Å². The third-order valence-electron chi connectivity index (χ3n) is 3.85. The lowest BCUT2D eigenvalue weighted by Crippen LogP contribution is -2.41. The maximum absolute atomic E-state index is 5.89. The van der Waals surface area contributed by atoms with Gasteiger partial charge in [-0.05, 0) is 43.7 Å². The number of ether oxygens (including phenoxy) is 3. The maximum Gasteiger partial charge on any atom is 0.191 e. The van der Waals surface area contributed by atoms with Crippen molar-refractivity contribution in [2.75, 3.05) is 27.3 Å². The van der Waals surface area contributed by atoms with Gasteiger partial charge in [0, 0.05) is 6.54 Å². The fourth-order valence-corrected chi connectivity index (χ4v) is 2.50. The summed E-state index contributed by atoms with van der Waals surface area (Å²) in [4.78, 5) is 4.64. The highest BCUT2D eigenvalue weighted by atomic mass is 127. The number of nitrogens with zero attached hydrogens (tertiary/aromatic N) is 1. The van der Waals surface area contributed by atoms with E-state index in [1.165, 1.54) is 0 Å². The summed E-state index contributed by atoms with van der Waals surface area (Å²) in [6, 6.07) is 15.6. The van der Waals surface area contributed by atoms with Crippen LogP contribution in [0.3, 0.4) is 0 Å². The molecule has 2 aromatic rings. The Morgan fingerprint density at radius 1 is 1.00 bits per heavy atom. The molecule has 0 aliphatic heterocycles. The smallest absolute Gasteiger partial charge is 0.191 e. The molecule has 0 aliphatic rings. The van der Waals surface area contributed by atoms with Crippen LogP contribution in [0.2, 0.25) is 0 Å². The lowest BCUT2D eigenvalue weighted by atomic mass is 10.2. The van der Waals surface area contributed by atoms with Gasteiger partial charge in [-0.3, -0.25) is 0 Å². The fourth-order valence-electron chi connectivity index (χ4n) is 2.50. The van der Waals surface area contributed by atoms with E-state index >= 15 is 0 Å². The van der Waals surface area contributed by atoms with Crippen LogP contribution in [0.5, 0.6) is 17.2 Å². The number of guanidine groups is 1. The summed E-state index contributed by atoms with van der Waals surface area (Å²) in [5.74, 6) is 3.02. The standard InChI is InChI=1S/C21H29N3O3.HI/c1-5-22-21(23-14-16(2)27-18-9-7-6-8-10-18)24-15-17-11-12-19(25-3)20(13-17)26-4;/h6-13,16H,5,14-15H2,1-4H3,(H2,22,23,24);1H. The van der Waals surface area contributed by atoms with E-state index in [0.29, 0.717) is 24.6 Å². The number of nitrogens with one attached hydrogen (secondary N) is 2. The maximum atomic E-state index is 5.89. The van der Waals surface area contributed by atoms with Gasteiger partial charge >= 0.3 is 0 Å². The average Bonchev–Trinajstić information content (AvgIpc) is 2.70. The number of halogens is 1. The lowest BCUT2D eigenvalue weighted by Gasteiger charge is -2.17. The molecule has 7 heteroatoms. The highest BCUT2D eigenvalue weighted by Crippen LogP contribution is 2.27. The van der Waals surface area contributed by atoms with Gasteiger partial charge in [0.05, 0.1) is 27.3 Å². The van der Waals surface area contributed by atoms with Crippen molar-refractivity contribution in [3.05, 3.63) is 54.1 Å². The molecule has 0 saturated heterocycles. The third-order valence-corrected chi connectivity index (χ3v) is 3.85. The molecule has 0 aliphatic carbocycles. The van der Waals surface area contributed by atoms with Gasteiger partial charge < -0.3 is 24.8 Å². The summed E-state index contributed by atoms with van der Waals surface area (Å²) in [6.45, 7) is 6.03. The molecule has 0 fully saturated rings. The Morgan fingerprint density at radius 2 is 1.71 bits per heavy atom. The first-order valence-electron chi connectivity index (χ1n) is 9.11. The Balaban J connectivity index is 0.00000392. The van der Waals surface area contributed by atoms with Gasteiger partial charge in [-0.1, -0.05) is 24.3 Å². The van der Waals surface area contributed by atoms with E-state index in [-0.39, 0.29) is 30.1 Å². The Kier molecular flexibility index (Phi) is 11.2. The molecule has 1 unspecified atom stereocenters. The van der Waals surface area contributed by atoms with Gasteiger partial charge in [-0.25, -0.2) is 4.99 Å². The first-order chi connectivity index (χ1) is 13.2. The van der Waals surface area contributed by atoms with E-state index < -0.39 is 0 Å². The number of para-hydroxylation sites is 1. The second-order valence-electron chi connectivity index (χ2n) is 6.01. The van der Waals surface area contributed by atoms with Crippen LogP contribution in [0.15, 0.2) is 53.5 Å². The van der Waals surface area contributed by atoms with E-state index in [1.807, 2.05) is 62.4 Å². The van der Waals surface area contributed by atoms with Gasteiger partial charge in [0.1, 0.15) is 11.9 Å². The van der Waals surface area contributed by atoms with Crippen LogP contribution in [-0.2, 0) is 6.54 Å². The molecule has 0 amide bonds. The zero-order valence-corrected chi connectivity index (χ0v) is 19.2. The zero-order chi connectivity index (χ0) is 19.5. The quantitative estimate of drug-likeness (QED) is 0.312. The average molecular weight is 499 g/mol. The highest BCUT2D eigenvalue weighted by molar-refractivity contribution is 14.0.